The number of hydrogen-bond acceptors (Lipinski definition) is 6. The van der Waals surface area contributed by atoms with Gasteiger partial charge in [-0.1, -0.05) is 12.1 Å². The van der Waals surface area contributed by atoms with Crippen molar-refractivity contribution in [1.29, 1.82) is 0 Å². The normalized spacial score (nSPS) is 24.5. The Balaban J connectivity index is 1.46. The Bertz CT molecular complexity index is 647. The summed E-state index contributed by atoms with van der Waals surface area (Å²) in [5.74, 6) is 0.0204. The number of nitrogens with zero attached hydrogens (tertiary/aromatic N) is 2. The summed E-state index contributed by atoms with van der Waals surface area (Å²) in [6, 6.07) is 7.60. The minimum absolute atomic E-state index is 0.0241. The predicted molar refractivity (Wildman–Crippen MR) is 104 cm³/mol. The van der Waals surface area contributed by atoms with E-state index in [2.05, 4.69) is 9.89 Å². The number of ether oxygens (including phenoxy) is 2. The Morgan fingerprint density at radius 3 is 2.44 bits per heavy atom. The molecule has 0 N–H and O–H groups in total. The standard InChI is InChI=1S/C21H28N2O4/c1-26-18-5-3-16(4-6-18)17-13-20(24)19(21(25)14-17)15-22-7-2-8-23-9-11-27-12-10-23/h3-6,15,17,19H,2,7-14H2,1H3. The molecule has 146 valence electrons. The van der Waals surface area contributed by atoms with E-state index >= 15 is 0 Å². The van der Waals surface area contributed by atoms with Gasteiger partial charge in [0.1, 0.15) is 23.2 Å². The molecule has 1 aromatic rings. The number of aliphatic imine (C=N–C) groups is 1. The smallest absolute Gasteiger partial charge is 0.149 e. The van der Waals surface area contributed by atoms with Gasteiger partial charge in [0.05, 0.1) is 20.3 Å². The van der Waals surface area contributed by atoms with Crippen LogP contribution in [0.2, 0.25) is 0 Å². The lowest BCUT2D eigenvalue weighted by molar-refractivity contribution is -0.133. The van der Waals surface area contributed by atoms with Crippen LogP contribution in [0.5, 0.6) is 5.75 Å². The minimum Gasteiger partial charge on any atom is -0.497 e. The van der Waals surface area contributed by atoms with Gasteiger partial charge in [-0.25, -0.2) is 0 Å². The highest BCUT2D eigenvalue weighted by molar-refractivity contribution is 6.16. The van der Waals surface area contributed by atoms with Gasteiger partial charge in [-0.3, -0.25) is 19.5 Å². The monoisotopic (exact) mass is 372 g/mol. The van der Waals surface area contributed by atoms with E-state index in [9.17, 15) is 9.59 Å². The zero-order valence-corrected chi connectivity index (χ0v) is 15.9. The molecule has 3 rings (SSSR count). The fourth-order valence-electron chi connectivity index (χ4n) is 3.66. The molecule has 0 aromatic heterocycles. The van der Waals surface area contributed by atoms with E-state index in [1.807, 2.05) is 24.3 Å². The molecule has 0 spiro atoms. The molecule has 1 saturated heterocycles. The Labute approximate surface area is 160 Å². The number of carbonyl (C=O) groups is 2. The van der Waals surface area contributed by atoms with E-state index in [0.29, 0.717) is 19.4 Å². The predicted octanol–water partition coefficient (Wildman–Crippen LogP) is 2.12. The number of ketones is 2. The van der Waals surface area contributed by atoms with Gasteiger partial charge in [0, 0.05) is 45.2 Å². The van der Waals surface area contributed by atoms with Crippen LogP contribution in [0.3, 0.4) is 0 Å². The van der Waals surface area contributed by atoms with Gasteiger partial charge in [0.25, 0.3) is 0 Å². The Hall–Kier alpha value is -2.05. The molecule has 0 atom stereocenters. The van der Waals surface area contributed by atoms with Crippen LogP contribution in [0.4, 0.5) is 0 Å². The van der Waals surface area contributed by atoms with E-state index < -0.39 is 5.92 Å². The number of methoxy groups -OCH3 is 1. The maximum atomic E-state index is 12.5. The molecular weight excluding hydrogens is 344 g/mol. The molecule has 27 heavy (non-hydrogen) atoms. The number of Topliss-reactive ketones (excluding diaryl/α,β-unsaturated/α-hetero) is 2. The third kappa shape index (κ3) is 5.47. The lowest BCUT2D eigenvalue weighted by Gasteiger charge is -2.26. The van der Waals surface area contributed by atoms with E-state index in [1.54, 1.807) is 13.3 Å². The third-order valence-corrected chi connectivity index (χ3v) is 5.30. The number of carbonyl (C=O) groups excluding carboxylic acids is 2. The number of morpholine rings is 1. The van der Waals surface area contributed by atoms with Crippen molar-refractivity contribution in [2.45, 2.75) is 25.2 Å². The Morgan fingerprint density at radius 1 is 1.15 bits per heavy atom. The molecule has 2 aliphatic rings. The second-order valence-electron chi connectivity index (χ2n) is 7.15. The van der Waals surface area contributed by atoms with Crippen molar-refractivity contribution in [2.75, 3.05) is 46.5 Å². The highest BCUT2D eigenvalue weighted by atomic mass is 16.5. The molecule has 2 fully saturated rings. The van der Waals surface area contributed by atoms with Gasteiger partial charge in [-0.2, -0.15) is 0 Å². The Morgan fingerprint density at radius 2 is 1.81 bits per heavy atom. The van der Waals surface area contributed by atoms with Gasteiger partial charge < -0.3 is 9.47 Å². The molecule has 1 aliphatic carbocycles. The van der Waals surface area contributed by atoms with Crippen molar-refractivity contribution in [2.24, 2.45) is 10.9 Å². The second-order valence-corrected chi connectivity index (χ2v) is 7.15. The first-order valence-corrected chi connectivity index (χ1v) is 9.67. The molecule has 6 nitrogen and oxygen atoms in total. The van der Waals surface area contributed by atoms with Crippen LogP contribution < -0.4 is 4.74 Å². The van der Waals surface area contributed by atoms with Gasteiger partial charge in [-0.15, -0.1) is 0 Å². The van der Waals surface area contributed by atoms with Crippen LogP contribution in [-0.4, -0.2) is 69.2 Å². The van der Waals surface area contributed by atoms with Crippen molar-refractivity contribution >= 4 is 17.8 Å². The maximum absolute atomic E-state index is 12.5. The van der Waals surface area contributed by atoms with Gasteiger partial charge in [0.2, 0.25) is 0 Å². The first kappa shape index (κ1) is 19.7. The average molecular weight is 372 g/mol. The van der Waals surface area contributed by atoms with Crippen LogP contribution in [0, 0.1) is 5.92 Å². The minimum atomic E-state index is -0.664. The molecule has 0 amide bonds. The maximum Gasteiger partial charge on any atom is 0.149 e. The van der Waals surface area contributed by atoms with Gasteiger partial charge in [0.15, 0.2) is 0 Å². The van der Waals surface area contributed by atoms with E-state index in [1.165, 1.54) is 0 Å². The molecule has 0 unspecified atom stereocenters. The van der Waals surface area contributed by atoms with Crippen molar-refractivity contribution < 1.29 is 19.1 Å². The molecule has 1 heterocycles. The summed E-state index contributed by atoms with van der Waals surface area (Å²) in [6.07, 6.45) is 3.29. The van der Waals surface area contributed by atoms with E-state index in [0.717, 1.165) is 50.6 Å². The summed E-state index contributed by atoms with van der Waals surface area (Å²) in [5, 5.41) is 0. The second kappa shape index (κ2) is 9.76. The zero-order valence-electron chi connectivity index (χ0n) is 15.9. The summed E-state index contributed by atoms with van der Waals surface area (Å²) in [5.41, 5.74) is 1.01. The van der Waals surface area contributed by atoms with Crippen molar-refractivity contribution in [3.05, 3.63) is 29.8 Å². The molecule has 1 aliphatic heterocycles. The average Bonchev–Trinajstić information content (AvgIpc) is 2.70. The molecular formula is C21H28N2O4. The Kier molecular flexibility index (Phi) is 7.12. The molecule has 0 radical (unpaired) electrons. The first-order chi connectivity index (χ1) is 13.2. The quantitative estimate of drug-likeness (QED) is 0.417. The topological polar surface area (TPSA) is 68.2 Å². The summed E-state index contributed by atoms with van der Waals surface area (Å²) in [6.45, 7) is 5.16. The fourth-order valence-corrected chi connectivity index (χ4v) is 3.66. The molecule has 1 aromatic carbocycles. The van der Waals surface area contributed by atoms with Gasteiger partial charge in [-0.05, 0) is 30.0 Å². The van der Waals surface area contributed by atoms with Crippen LogP contribution in [-0.2, 0) is 14.3 Å². The van der Waals surface area contributed by atoms with Crippen LogP contribution in [0.15, 0.2) is 29.3 Å². The molecule has 6 heteroatoms. The van der Waals surface area contributed by atoms with Crippen LogP contribution in [0.1, 0.15) is 30.7 Å². The van der Waals surface area contributed by atoms with Crippen LogP contribution >= 0.6 is 0 Å². The largest absolute Gasteiger partial charge is 0.497 e. The highest BCUT2D eigenvalue weighted by Crippen LogP contribution is 2.32. The fraction of sp³-hybridized carbons (Fsp3) is 0.571. The summed E-state index contributed by atoms with van der Waals surface area (Å²) < 4.78 is 10.5. The zero-order chi connectivity index (χ0) is 19.1. The summed E-state index contributed by atoms with van der Waals surface area (Å²) >= 11 is 0. The lowest BCUT2D eigenvalue weighted by atomic mass is 9.77. The summed E-state index contributed by atoms with van der Waals surface area (Å²) in [7, 11) is 1.62. The molecule has 0 bridgehead atoms. The van der Waals surface area contributed by atoms with Crippen molar-refractivity contribution in [3.8, 4) is 5.75 Å². The van der Waals surface area contributed by atoms with Crippen molar-refractivity contribution in [3.63, 3.8) is 0 Å². The highest BCUT2D eigenvalue weighted by Gasteiger charge is 2.34. The molecule has 1 saturated carbocycles. The lowest BCUT2D eigenvalue weighted by Crippen LogP contribution is -2.37. The van der Waals surface area contributed by atoms with Crippen LogP contribution in [0.25, 0.3) is 0 Å². The number of rotatable bonds is 7. The SMILES string of the molecule is COc1ccc(C2CC(=O)C(C=NCCCN3CCOCC3)C(=O)C2)cc1. The number of hydrogen-bond donors (Lipinski definition) is 0. The first-order valence-electron chi connectivity index (χ1n) is 9.67. The van der Waals surface area contributed by atoms with E-state index in [-0.39, 0.29) is 17.5 Å². The number of benzene rings is 1. The van der Waals surface area contributed by atoms with E-state index in [4.69, 9.17) is 9.47 Å². The summed E-state index contributed by atoms with van der Waals surface area (Å²) in [4.78, 5) is 31.6. The third-order valence-electron chi connectivity index (χ3n) is 5.30. The van der Waals surface area contributed by atoms with Crippen molar-refractivity contribution in [1.82, 2.24) is 4.90 Å². The van der Waals surface area contributed by atoms with Gasteiger partial charge >= 0.3 is 0 Å².